The van der Waals surface area contributed by atoms with Gasteiger partial charge in [0.05, 0.1) is 10.6 Å². The van der Waals surface area contributed by atoms with E-state index in [4.69, 9.17) is 0 Å². The minimum Gasteiger partial charge on any atom is -0.199 e. The summed E-state index contributed by atoms with van der Waals surface area (Å²) >= 11 is 0. The van der Waals surface area contributed by atoms with E-state index < -0.39 is 10.0 Å². The Kier molecular flexibility index (Phi) is 2.87. The lowest BCUT2D eigenvalue weighted by atomic mass is 10.1. The van der Waals surface area contributed by atoms with E-state index in [1.165, 1.54) is 0 Å². The van der Waals surface area contributed by atoms with E-state index in [-0.39, 0.29) is 4.90 Å². The number of benzene rings is 3. The molecule has 108 valence electrons. The predicted molar refractivity (Wildman–Crippen MR) is 87.8 cm³/mol. The first-order valence-corrected chi connectivity index (χ1v) is 8.49. The van der Waals surface area contributed by atoms with Gasteiger partial charge in [-0.2, -0.15) is 12.8 Å². The highest BCUT2D eigenvalue weighted by Crippen LogP contribution is 2.31. The van der Waals surface area contributed by atoms with Crippen LogP contribution < -0.4 is 0 Å². The summed E-state index contributed by atoms with van der Waals surface area (Å²) in [6.45, 7) is 0. The third-order valence-corrected chi connectivity index (χ3v) is 5.26. The number of nitrogens with zero attached hydrogens (tertiary/aromatic N) is 1. The molecule has 4 heteroatoms. The second-order valence-corrected chi connectivity index (χ2v) is 6.93. The van der Waals surface area contributed by atoms with Gasteiger partial charge in [-0.3, -0.25) is 0 Å². The SMILES string of the molecule is O=S(=O)(N=C1Cc2cccc3cccc1c23)c1ccccc1. The number of rotatable bonds is 2. The fourth-order valence-corrected chi connectivity index (χ4v) is 4.01. The van der Waals surface area contributed by atoms with Gasteiger partial charge in [-0.1, -0.05) is 54.6 Å². The van der Waals surface area contributed by atoms with Gasteiger partial charge in [0.25, 0.3) is 10.0 Å². The van der Waals surface area contributed by atoms with Gasteiger partial charge in [0.2, 0.25) is 0 Å². The third kappa shape index (κ3) is 2.04. The molecule has 1 aliphatic rings. The van der Waals surface area contributed by atoms with Crippen molar-refractivity contribution in [3.63, 3.8) is 0 Å². The summed E-state index contributed by atoms with van der Waals surface area (Å²) in [5, 5.41) is 2.24. The summed E-state index contributed by atoms with van der Waals surface area (Å²) in [7, 11) is -3.67. The maximum Gasteiger partial charge on any atom is 0.282 e. The molecule has 0 amide bonds. The van der Waals surface area contributed by atoms with E-state index in [1.807, 2.05) is 36.4 Å². The zero-order chi connectivity index (χ0) is 15.2. The highest BCUT2D eigenvalue weighted by molar-refractivity contribution is 7.90. The van der Waals surface area contributed by atoms with Gasteiger partial charge in [-0.15, -0.1) is 0 Å². The first-order chi connectivity index (χ1) is 10.6. The second kappa shape index (κ2) is 4.78. The second-order valence-electron chi connectivity index (χ2n) is 5.32. The first-order valence-electron chi connectivity index (χ1n) is 7.05. The third-order valence-electron chi connectivity index (χ3n) is 3.93. The van der Waals surface area contributed by atoms with Gasteiger partial charge in [0, 0.05) is 12.0 Å². The topological polar surface area (TPSA) is 46.5 Å². The number of hydrogen-bond acceptors (Lipinski definition) is 2. The molecule has 0 aliphatic heterocycles. The molecule has 0 heterocycles. The molecule has 0 spiro atoms. The Morgan fingerprint density at radius 3 is 2.32 bits per heavy atom. The van der Waals surface area contributed by atoms with Gasteiger partial charge in [-0.25, -0.2) is 0 Å². The normalized spacial score (nSPS) is 15.5. The van der Waals surface area contributed by atoms with Crippen molar-refractivity contribution in [2.24, 2.45) is 4.40 Å². The molecule has 0 N–H and O–H groups in total. The number of sulfonamides is 1. The van der Waals surface area contributed by atoms with Crippen LogP contribution in [0.3, 0.4) is 0 Å². The molecule has 3 aromatic carbocycles. The molecular weight excluding hydrogens is 294 g/mol. The maximum atomic E-state index is 12.5. The lowest BCUT2D eigenvalue weighted by molar-refractivity contribution is 0.598. The Bertz CT molecular complexity index is 1000. The van der Waals surface area contributed by atoms with Crippen molar-refractivity contribution in [3.05, 3.63) is 77.9 Å². The molecule has 0 unspecified atom stereocenters. The minimum absolute atomic E-state index is 0.227. The summed E-state index contributed by atoms with van der Waals surface area (Å²) in [4.78, 5) is 0.227. The largest absolute Gasteiger partial charge is 0.282 e. The highest BCUT2D eigenvalue weighted by Gasteiger charge is 2.23. The van der Waals surface area contributed by atoms with Crippen LogP contribution in [0.15, 0.2) is 76.0 Å². The van der Waals surface area contributed by atoms with Gasteiger partial charge < -0.3 is 0 Å². The molecule has 3 nitrogen and oxygen atoms in total. The summed E-state index contributed by atoms with van der Waals surface area (Å²) in [5.74, 6) is 0. The monoisotopic (exact) mass is 307 g/mol. The van der Waals surface area contributed by atoms with Crippen LogP contribution in [0.4, 0.5) is 0 Å². The molecule has 0 saturated heterocycles. The highest BCUT2D eigenvalue weighted by atomic mass is 32.2. The van der Waals surface area contributed by atoms with Crippen molar-refractivity contribution >= 4 is 26.5 Å². The Morgan fingerprint density at radius 1 is 0.818 bits per heavy atom. The predicted octanol–water partition coefficient (Wildman–Crippen LogP) is 3.57. The van der Waals surface area contributed by atoms with Gasteiger partial charge in [-0.05, 0) is 28.5 Å². The molecule has 22 heavy (non-hydrogen) atoms. The Hall–Kier alpha value is -2.46. The molecule has 3 aromatic rings. The van der Waals surface area contributed by atoms with Crippen LogP contribution in [0.1, 0.15) is 11.1 Å². The van der Waals surface area contributed by atoms with Crippen molar-refractivity contribution in [3.8, 4) is 0 Å². The van der Waals surface area contributed by atoms with Crippen LogP contribution >= 0.6 is 0 Å². The van der Waals surface area contributed by atoms with E-state index in [0.717, 1.165) is 21.9 Å². The molecule has 0 aromatic heterocycles. The zero-order valence-corrected chi connectivity index (χ0v) is 12.5. The molecule has 4 rings (SSSR count). The molecule has 0 saturated carbocycles. The van der Waals surface area contributed by atoms with E-state index >= 15 is 0 Å². The molecule has 0 atom stereocenters. The van der Waals surface area contributed by atoms with Gasteiger partial charge >= 0.3 is 0 Å². The van der Waals surface area contributed by atoms with E-state index in [2.05, 4.69) is 4.40 Å². The lowest BCUT2D eigenvalue weighted by Gasteiger charge is -2.02. The van der Waals surface area contributed by atoms with Crippen LogP contribution in [-0.2, 0) is 16.4 Å². The average molecular weight is 307 g/mol. The fourth-order valence-electron chi connectivity index (χ4n) is 2.95. The van der Waals surface area contributed by atoms with Crippen molar-refractivity contribution in [2.75, 3.05) is 0 Å². The van der Waals surface area contributed by atoms with Crippen molar-refractivity contribution in [1.29, 1.82) is 0 Å². The van der Waals surface area contributed by atoms with Crippen LogP contribution in [0.5, 0.6) is 0 Å². The van der Waals surface area contributed by atoms with Crippen molar-refractivity contribution in [2.45, 2.75) is 11.3 Å². The standard InChI is InChI=1S/C18H13NO2S/c20-22(21,15-9-2-1-3-10-15)19-17-12-14-8-4-6-13-7-5-11-16(17)18(13)14/h1-11H,12H2. The molecule has 1 aliphatic carbocycles. The summed E-state index contributed by atoms with van der Waals surface area (Å²) in [6, 6.07) is 20.3. The van der Waals surface area contributed by atoms with Crippen LogP contribution in [0.25, 0.3) is 10.8 Å². The summed E-state index contributed by atoms with van der Waals surface area (Å²) in [5.41, 5.74) is 2.68. The van der Waals surface area contributed by atoms with Crippen molar-refractivity contribution in [1.82, 2.24) is 0 Å². The van der Waals surface area contributed by atoms with E-state index in [0.29, 0.717) is 12.1 Å². The first kappa shape index (κ1) is 13.2. The fraction of sp³-hybridized carbons (Fsp3) is 0.0556. The summed E-state index contributed by atoms with van der Waals surface area (Å²) < 4.78 is 29.0. The van der Waals surface area contributed by atoms with Crippen LogP contribution in [0.2, 0.25) is 0 Å². The van der Waals surface area contributed by atoms with E-state index in [9.17, 15) is 8.42 Å². The molecule has 0 fully saturated rings. The number of hydrogen-bond donors (Lipinski definition) is 0. The zero-order valence-electron chi connectivity index (χ0n) is 11.7. The van der Waals surface area contributed by atoms with Gasteiger partial charge in [0.1, 0.15) is 0 Å². The Morgan fingerprint density at radius 2 is 1.55 bits per heavy atom. The average Bonchev–Trinajstić information content (AvgIpc) is 2.88. The summed E-state index contributed by atoms with van der Waals surface area (Å²) in [6.07, 6.45) is 0.558. The van der Waals surface area contributed by atoms with Crippen molar-refractivity contribution < 1.29 is 8.42 Å². The Labute approximate surface area is 129 Å². The minimum atomic E-state index is -3.67. The molecule has 0 radical (unpaired) electrons. The lowest BCUT2D eigenvalue weighted by Crippen LogP contribution is -2.05. The van der Waals surface area contributed by atoms with Crippen LogP contribution in [-0.4, -0.2) is 14.1 Å². The maximum absolute atomic E-state index is 12.5. The quantitative estimate of drug-likeness (QED) is 0.726. The molecule has 0 bridgehead atoms. The smallest absolute Gasteiger partial charge is 0.199 e. The van der Waals surface area contributed by atoms with Gasteiger partial charge in [0.15, 0.2) is 0 Å². The van der Waals surface area contributed by atoms with E-state index in [1.54, 1.807) is 30.3 Å². The molecular formula is C18H13NO2S. The Balaban J connectivity index is 1.89. The van der Waals surface area contributed by atoms with Crippen LogP contribution in [0, 0.1) is 0 Å².